The van der Waals surface area contributed by atoms with Crippen molar-refractivity contribution >= 4 is 5.90 Å². The fourth-order valence-corrected chi connectivity index (χ4v) is 5.64. The first kappa shape index (κ1) is 19.3. The van der Waals surface area contributed by atoms with E-state index in [1.54, 1.807) is 0 Å². The fraction of sp³-hybridized carbons (Fsp3) is 0.360. The Morgan fingerprint density at radius 1 is 0.871 bits per heavy atom. The van der Waals surface area contributed by atoms with Crippen molar-refractivity contribution in [3.63, 3.8) is 0 Å². The van der Waals surface area contributed by atoms with Gasteiger partial charge in [-0.15, -0.1) is 0 Å². The van der Waals surface area contributed by atoms with E-state index in [1.807, 2.05) is 54.6 Å². The molecule has 2 heterocycles. The molecule has 0 radical (unpaired) electrons. The molecular formula is C25H20N4O2. The van der Waals surface area contributed by atoms with Gasteiger partial charge in [0.05, 0.1) is 24.1 Å². The second-order valence-electron chi connectivity index (χ2n) is 8.48. The highest BCUT2D eigenvalue weighted by molar-refractivity contribution is 5.89. The molecule has 3 aliphatic rings. The summed E-state index contributed by atoms with van der Waals surface area (Å²) < 4.78 is 12.3. The molecule has 5 rings (SSSR count). The maximum Gasteiger partial charge on any atom is 0.217 e. The summed E-state index contributed by atoms with van der Waals surface area (Å²) in [6, 6.07) is 23.8. The Morgan fingerprint density at radius 3 is 2.19 bits per heavy atom. The topological polar surface area (TPSA) is 114 Å². The highest BCUT2D eigenvalue weighted by Crippen LogP contribution is 2.69. The van der Waals surface area contributed by atoms with Gasteiger partial charge in [0.2, 0.25) is 17.1 Å². The normalized spacial score (nSPS) is 32.6. The molecule has 6 heteroatoms. The molecule has 2 bridgehead atoms. The lowest BCUT2D eigenvalue weighted by molar-refractivity contribution is -0.294. The molecule has 6 nitrogen and oxygen atoms in total. The van der Waals surface area contributed by atoms with Crippen LogP contribution in [0.15, 0.2) is 54.6 Å². The zero-order valence-corrected chi connectivity index (χ0v) is 16.8. The van der Waals surface area contributed by atoms with Crippen molar-refractivity contribution in [1.82, 2.24) is 0 Å². The van der Waals surface area contributed by atoms with Gasteiger partial charge < -0.3 is 9.47 Å². The molecule has 2 saturated heterocycles. The Morgan fingerprint density at radius 2 is 1.55 bits per heavy atom. The van der Waals surface area contributed by atoms with E-state index in [-0.39, 0.29) is 5.90 Å². The van der Waals surface area contributed by atoms with E-state index >= 15 is 0 Å². The largest absolute Gasteiger partial charge is 0.447 e. The van der Waals surface area contributed by atoms with Crippen LogP contribution in [-0.4, -0.2) is 11.7 Å². The lowest BCUT2D eigenvalue weighted by Crippen LogP contribution is -2.60. The molecule has 0 amide bonds. The summed E-state index contributed by atoms with van der Waals surface area (Å²) in [5, 5.41) is 39.4. The van der Waals surface area contributed by atoms with E-state index in [4.69, 9.17) is 14.9 Å². The first-order chi connectivity index (χ1) is 15.1. The third-order valence-corrected chi connectivity index (χ3v) is 7.14. The van der Waals surface area contributed by atoms with Crippen molar-refractivity contribution in [1.29, 1.82) is 21.2 Å². The van der Waals surface area contributed by atoms with Crippen molar-refractivity contribution in [2.75, 3.05) is 0 Å². The summed E-state index contributed by atoms with van der Waals surface area (Å²) >= 11 is 0. The summed E-state index contributed by atoms with van der Waals surface area (Å²) in [6.45, 7) is 0. The second kappa shape index (κ2) is 6.67. The zero-order valence-electron chi connectivity index (χ0n) is 16.8. The highest BCUT2D eigenvalue weighted by atomic mass is 16.7. The maximum atomic E-state index is 10.3. The predicted molar refractivity (Wildman–Crippen MR) is 111 cm³/mol. The van der Waals surface area contributed by atoms with Crippen molar-refractivity contribution < 1.29 is 9.47 Å². The Hall–Kier alpha value is -3.66. The van der Waals surface area contributed by atoms with Crippen LogP contribution in [0, 0.1) is 56.2 Å². The Bertz CT molecular complexity index is 1160. The van der Waals surface area contributed by atoms with Crippen LogP contribution in [0.2, 0.25) is 0 Å². The van der Waals surface area contributed by atoms with Crippen LogP contribution in [-0.2, 0) is 9.47 Å². The first-order valence-electron chi connectivity index (χ1n) is 10.4. The average Bonchev–Trinajstić information content (AvgIpc) is 3.04. The summed E-state index contributed by atoms with van der Waals surface area (Å²) in [5.41, 5.74) is -0.859. The molecule has 3 fully saturated rings. The second-order valence-corrected chi connectivity index (χ2v) is 8.48. The molecular weight excluding hydrogens is 388 g/mol. The standard InChI is InChI=1S/C25H20N4O2/c26-14-23(15-27)21(19-11-9-18(10-12-19)17-6-2-1-3-7-17)30-25-13-5-4-8-20(25)24(23,16-28)22(29)31-25/h1-3,6-7,9-12,20-21,29H,4-5,8,13H2. The molecule has 4 atom stereocenters. The number of ether oxygens (including phenoxy) is 2. The number of hydrogen-bond donors (Lipinski definition) is 1. The van der Waals surface area contributed by atoms with Crippen molar-refractivity contribution in [2.24, 2.45) is 16.7 Å². The molecule has 0 aromatic heterocycles. The Labute approximate surface area is 180 Å². The lowest BCUT2D eigenvalue weighted by atomic mass is 9.51. The first-order valence-corrected chi connectivity index (χ1v) is 10.4. The molecule has 1 saturated carbocycles. The van der Waals surface area contributed by atoms with Gasteiger partial charge in [0.25, 0.3) is 0 Å². The fourth-order valence-electron chi connectivity index (χ4n) is 5.64. The molecule has 2 aromatic rings. The zero-order chi connectivity index (χ0) is 21.7. The summed E-state index contributed by atoms with van der Waals surface area (Å²) in [7, 11) is 0. The van der Waals surface area contributed by atoms with Gasteiger partial charge in [-0.2, -0.15) is 15.8 Å². The number of nitriles is 3. The van der Waals surface area contributed by atoms with E-state index in [1.165, 1.54) is 0 Å². The summed E-state index contributed by atoms with van der Waals surface area (Å²) in [6.07, 6.45) is 1.82. The van der Waals surface area contributed by atoms with E-state index < -0.39 is 28.6 Å². The molecule has 0 spiro atoms. The van der Waals surface area contributed by atoms with E-state index in [0.29, 0.717) is 18.4 Å². The number of benzene rings is 2. The quantitative estimate of drug-likeness (QED) is 0.762. The minimum Gasteiger partial charge on any atom is -0.447 e. The van der Waals surface area contributed by atoms with Gasteiger partial charge in [-0.1, -0.05) is 61.0 Å². The molecule has 152 valence electrons. The minimum absolute atomic E-state index is 0.312. The Kier molecular flexibility index (Phi) is 4.16. The van der Waals surface area contributed by atoms with Crippen LogP contribution in [0.25, 0.3) is 11.1 Å². The van der Waals surface area contributed by atoms with Gasteiger partial charge >= 0.3 is 0 Å². The molecule has 2 aliphatic heterocycles. The van der Waals surface area contributed by atoms with Crippen LogP contribution in [0.4, 0.5) is 0 Å². The SMILES string of the molecule is N#CC1(C#N)C(c2ccc(-c3ccccc3)cc2)OC23CCCCC2C1(C#N)C(=N)O3. The number of hydrogen-bond acceptors (Lipinski definition) is 6. The summed E-state index contributed by atoms with van der Waals surface area (Å²) in [4.78, 5) is 0. The van der Waals surface area contributed by atoms with Crippen molar-refractivity contribution in [3.8, 4) is 29.3 Å². The third kappa shape index (κ3) is 2.30. The Balaban J connectivity index is 1.66. The van der Waals surface area contributed by atoms with Crippen LogP contribution in [0.5, 0.6) is 0 Å². The van der Waals surface area contributed by atoms with Crippen LogP contribution >= 0.6 is 0 Å². The highest BCUT2D eigenvalue weighted by Gasteiger charge is 2.80. The van der Waals surface area contributed by atoms with Gasteiger partial charge in [-0.25, -0.2) is 0 Å². The van der Waals surface area contributed by atoms with Crippen molar-refractivity contribution in [3.05, 3.63) is 60.2 Å². The van der Waals surface area contributed by atoms with Gasteiger partial charge in [0, 0.05) is 6.42 Å². The monoisotopic (exact) mass is 408 g/mol. The van der Waals surface area contributed by atoms with E-state index in [0.717, 1.165) is 24.0 Å². The van der Waals surface area contributed by atoms with Gasteiger partial charge in [-0.05, 0) is 29.5 Å². The van der Waals surface area contributed by atoms with Crippen LogP contribution in [0.1, 0.15) is 37.4 Å². The molecule has 4 unspecified atom stereocenters. The molecule has 1 aliphatic carbocycles. The van der Waals surface area contributed by atoms with Gasteiger partial charge in [0.1, 0.15) is 6.10 Å². The number of nitrogens with one attached hydrogen (secondary N) is 1. The number of nitrogens with zero attached hydrogens (tertiary/aromatic N) is 3. The van der Waals surface area contributed by atoms with E-state index in [2.05, 4.69) is 18.2 Å². The van der Waals surface area contributed by atoms with E-state index in [9.17, 15) is 15.8 Å². The molecule has 2 aromatic carbocycles. The smallest absolute Gasteiger partial charge is 0.217 e. The maximum absolute atomic E-state index is 10.3. The molecule has 31 heavy (non-hydrogen) atoms. The van der Waals surface area contributed by atoms with Gasteiger partial charge in [-0.3, -0.25) is 5.41 Å². The predicted octanol–water partition coefficient (Wildman–Crippen LogP) is 4.86. The van der Waals surface area contributed by atoms with Gasteiger partial charge in [0.15, 0.2) is 5.41 Å². The minimum atomic E-state index is -1.88. The van der Waals surface area contributed by atoms with Crippen LogP contribution < -0.4 is 0 Å². The third-order valence-electron chi connectivity index (χ3n) is 7.14. The number of rotatable bonds is 2. The van der Waals surface area contributed by atoms with Crippen molar-refractivity contribution in [2.45, 2.75) is 37.6 Å². The summed E-state index contributed by atoms with van der Waals surface area (Å²) in [5.74, 6) is -1.95. The average molecular weight is 408 g/mol. The molecule has 1 N–H and O–H groups in total. The van der Waals surface area contributed by atoms with Crippen LogP contribution in [0.3, 0.4) is 0 Å². The lowest BCUT2D eigenvalue weighted by Gasteiger charge is -2.51.